The fraction of sp³-hybridized carbons (Fsp3) is 0.381. The molecule has 0 bridgehead atoms. The highest BCUT2D eigenvalue weighted by Crippen LogP contribution is 2.25. The van der Waals surface area contributed by atoms with Crippen LogP contribution in [0.1, 0.15) is 42.9 Å². The molecule has 1 N–H and O–H groups in total. The topological polar surface area (TPSA) is 32.3 Å². The van der Waals surface area contributed by atoms with Crippen molar-refractivity contribution >= 4 is 17.5 Å². The predicted octanol–water partition coefficient (Wildman–Crippen LogP) is 4.57. The zero-order valence-electron chi connectivity index (χ0n) is 14.6. The molecule has 1 atom stereocenters. The van der Waals surface area contributed by atoms with Crippen molar-refractivity contribution < 1.29 is 4.79 Å². The van der Waals surface area contributed by atoms with Gasteiger partial charge in [-0.3, -0.25) is 9.69 Å². The number of nitrogens with one attached hydrogen (secondary N) is 1. The van der Waals surface area contributed by atoms with Crippen LogP contribution in [0, 0.1) is 0 Å². The molecule has 0 heterocycles. The number of nitrogens with zero attached hydrogens (tertiary/aromatic N) is 1. The molecule has 3 rings (SSSR count). The molecule has 0 saturated heterocycles. The highest BCUT2D eigenvalue weighted by atomic mass is 35.5. The molecule has 2 aromatic carbocycles. The van der Waals surface area contributed by atoms with E-state index in [2.05, 4.69) is 22.3 Å². The van der Waals surface area contributed by atoms with Crippen LogP contribution >= 0.6 is 11.6 Å². The maximum atomic E-state index is 13.0. The molecule has 25 heavy (non-hydrogen) atoms. The van der Waals surface area contributed by atoms with Crippen LogP contribution in [0.3, 0.4) is 0 Å². The first kappa shape index (κ1) is 18.0. The lowest BCUT2D eigenvalue weighted by molar-refractivity contribution is -0.127. The summed E-state index contributed by atoms with van der Waals surface area (Å²) < 4.78 is 0. The minimum Gasteiger partial charge on any atom is -0.352 e. The first-order valence-electron chi connectivity index (χ1n) is 8.93. The summed E-state index contributed by atoms with van der Waals surface area (Å²) in [6, 6.07) is 17.8. The maximum absolute atomic E-state index is 13.0. The molecule has 1 unspecified atom stereocenters. The molecule has 0 radical (unpaired) electrons. The van der Waals surface area contributed by atoms with E-state index in [1.165, 1.54) is 18.4 Å². The average molecular weight is 357 g/mol. The van der Waals surface area contributed by atoms with Crippen molar-refractivity contribution in [1.29, 1.82) is 0 Å². The Balaban J connectivity index is 1.79. The smallest absolute Gasteiger partial charge is 0.242 e. The van der Waals surface area contributed by atoms with Crippen LogP contribution in [-0.4, -0.2) is 23.9 Å². The zero-order valence-corrected chi connectivity index (χ0v) is 15.4. The fourth-order valence-corrected chi connectivity index (χ4v) is 3.69. The van der Waals surface area contributed by atoms with Crippen LogP contribution in [0.2, 0.25) is 5.02 Å². The van der Waals surface area contributed by atoms with Crippen molar-refractivity contribution in [3.05, 3.63) is 70.7 Å². The molecule has 3 nitrogen and oxygen atoms in total. The quantitative estimate of drug-likeness (QED) is 0.822. The lowest BCUT2D eigenvalue weighted by Crippen LogP contribution is -2.42. The van der Waals surface area contributed by atoms with Crippen LogP contribution in [0.25, 0.3) is 0 Å². The molecule has 1 aliphatic carbocycles. The van der Waals surface area contributed by atoms with E-state index < -0.39 is 0 Å². The number of carbonyl (C=O) groups excluding carboxylic acids is 1. The predicted molar refractivity (Wildman–Crippen MR) is 103 cm³/mol. The molecule has 1 fully saturated rings. The van der Waals surface area contributed by atoms with E-state index in [0.717, 1.165) is 18.4 Å². The number of likely N-dealkylation sites (N-methyl/N-ethyl adjacent to an activating group) is 1. The van der Waals surface area contributed by atoms with Gasteiger partial charge in [-0.25, -0.2) is 0 Å². The number of benzene rings is 2. The summed E-state index contributed by atoms with van der Waals surface area (Å²) in [6.07, 6.45) is 4.58. The third-order valence-corrected chi connectivity index (χ3v) is 5.10. The minimum atomic E-state index is -0.321. The van der Waals surface area contributed by atoms with E-state index in [9.17, 15) is 4.79 Å². The van der Waals surface area contributed by atoms with Crippen molar-refractivity contribution in [3.63, 3.8) is 0 Å². The summed E-state index contributed by atoms with van der Waals surface area (Å²) >= 11 is 6.03. The maximum Gasteiger partial charge on any atom is 0.242 e. The van der Waals surface area contributed by atoms with E-state index in [0.29, 0.717) is 17.6 Å². The average Bonchev–Trinajstić information content (AvgIpc) is 3.10. The Kier molecular flexibility index (Phi) is 6.11. The second-order valence-electron chi connectivity index (χ2n) is 6.84. The number of carbonyl (C=O) groups is 1. The summed E-state index contributed by atoms with van der Waals surface area (Å²) in [6.45, 7) is 0.715. The first-order valence-corrected chi connectivity index (χ1v) is 9.31. The summed E-state index contributed by atoms with van der Waals surface area (Å²) in [7, 11) is 2.00. The number of hydrogen-bond acceptors (Lipinski definition) is 2. The van der Waals surface area contributed by atoms with Crippen LogP contribution in [0.5, 0.6) is 0 Å². The third kappa shape index (κ3) is 4.83. The molecule has 2 aromatic rings. The van der Waals surface area contributed by atoms with Gasteiger partial charge in [0.2, 0.25) is 5.91 Å². The molecule has 0 spiro atoms. The van der Waals surface area contributed by atoms with Crippen LogP contribution < -0.4 is 5.32 Å². The standard InChI is InChI=1S/C21H25ClN2O/c1-24(15-16-7-3-2-4-8-16)20(17-11-13-18(22)14-12-17)21(25)23-19-9-5-6-10-19/h2-4,7-8,11-14,19-20H,5-6,9-10,15H2,1H3,(H,23,25). The Labute approximate surface area is 155 Å². The molecule has 1 amide bonds. The summed E-state index contributed by atoms with van der Waals surface area (Å²) in [5, 5.41) is 3.93. The van der Waals surface area contributed by atoms with Crippen LogP contribution in [-0.2, 0) is 11.3 Å². The molecule has 132 valence electrons. The van der Waals surface area contributed by atoms with E-state index >= 15 is 0 Å². The van der Waals surface area contributed by atoms with Gasteiger partial charge < -0.3 is 5.32 Å². The van der Waals surface area contributed by atoms with Crippen LogP contribution in [0.15, 0.2) is 54.6 Å². The van der Waals surface area contributed by atoms with Gasteiger partial charge in [-0.05, 0) is 43.1 Å². The molecule has 0 aromatic heterocycles. The molecule has 1 aliphatic rings. The lowest BCUT2D eigenvalue weighted by Gasteiger charge is -2.29. The van der Waals surface area contributed by atoms with Crippen LogP contribution in [0.4, 0.5) is 0 Å². The van der Waals surface area contributed by atoms with Gasteiger partial charge in [-0.1, -0.05) is 66.9 Å². The Bertz CT molecular complexity index is 681. The Morgan fingerprint density at radius 1 is 1.12 bits per heavy atom. The lowest BCUT2D eigenvalue weighted by atomic mass is 10.0. The number of rotatable bonds is 6. The van der Waals surface area contributed by atoms with Gasteiger partial charge in [0.15, 0.2) is 0 Å². The third-order valence-electron chi connectivity index (χ3n) is 4.85. The van der Waals surface area contributed by atoms with Gasteiger partial charge in [0.1, 0.15) is 6.04 Å². The zero-order chi connectivity index (χ0) is 17.6. The second kappa shape index (κ2) is 8.50. The van der Waals surface area contributed by atoms with Gasteiger partial charge in [0, 0.05) is 17.6 Å². The van der Waals surface area contributed by atoms with Crippen molar-refractivity contribution in [2.75, 3.05) is 7.05 Å². The Morgan fingerprint density at radius 3 is 2.40 bits per heavy atom. The van der Waals surface area contributed by atoms with Gasteiger partial charge in [0.25, 0.3) is 0 Å². The van der Waals surface area contributed by atoms with Gasteiger partial charge in [-0.2, -0.15) is 0 Å². The number of halogens is 1. The minimum absolute atomic E-state index is 0.0765. The van der Waals surface area contributed by atoms with Gasteiger partial charge >= 0.3 is 0 Å². The Hall–Kier alpha value is -1.84. The number of amides is 1. The molecule has 4 heteroatoms. The highest BCUT2D eigenvalue weighted by Gasteiger charge is 2.28. The summed E-state index contributed by atoms with van der Waals surface area (Å²) in [5.41, 5.74) is 2.16. The van der Waals surface area contributed by atoms with E-state index in [1.807, 2.05) is 49.5 Å². The molecular formula is C21H25ClN2O. The van der Waals surface area contributed by atoms with E-state index in [-0.39, 0.29) is 11.9 Å². The monoisotopic (exact) mass is 356 g/mol. The van der Waals surface area contributed by atoms with Crippen molar-refractivity contribution in [2.24, 2.45) is 0 Å². The van der Waals surface area contributed by atoms with E-state index in [4.69, 9.17) is 11.6 Å². The van der Waals surface area contributed by atoms with Crippen molar-refractivity contribution in [3.8, 4) is 0 Å². The number of hydrogen-bond donors (Lipinski definition) is 1. The van der Waals surface area contributed by atoms with Gasteiger partial charge in [-0.15, -0.1) is 0 Å². The van der Waals surface area contributed by atoms with Crippen molar-refractivity contribution in [1.82, 2.24) is 10.2 Å². The first-order chi connectivity index (χ1) is 12.1. The normalized spacial score (nSPS) is 16.1. The molecular weight excluding hydrogens is 332 g/mol. The van der Waals surface area contributed by atoms with E-state index in [1.54, 1.807) is 0 Å². The Morgan fingerprint density at radius 2 is 1.76 bits per heavy atom. The SMILES string of the molecule is CN(Cc1ccccc1)C(C(=O)NC1CCCC1)c1ccc(Cl)cc1. The fourth-order valence-electron chi connectivity index (χ4n) is 3.56. The molecule has 1 saturated carbocycles. The largest absolute Gasteiger partial charge is 0.352 e. The summed E-state index contributed by atoms with van der Waals surface area (Å²) in [4.78, 5) is 15.1. The molecule has 0 aliphatic heterocycles. The van der Waals surface area contributed by atoms with Gasteiger partial charge in [0.05, 0.1) is 0 Å². The highest BCUT2D eigenvalue weighted by molar-refractivity contribution is 6.30. The van der Waals surface area contributed by atoms with Crippen molar-refractivity contribution in [2.45, 2.75) is 44.3 Å². The summed E-state index contributed by atoms with van der Waals surface area (Å²) in [5.74, 6) is 0.0765. The second-order valence-corrected chi connectivity index (χ2v) is 7.28.